The van der Waals surface area contributed by atoms with Crippen LogP contribution in [0, 0.1) is 0 Å². The minimum absolute atomic E-state index is 0.0899. The second-order valence-electron chi connectivity index (χ2n) is 6.58. The molecule has 0 saturated carbocycles. The SMILES string of the molecule is CC(C)c1ccc(C(=O)NCCCN2CCCO[C@@H](C)C2)nc1. The van der Waals surface area contributed by atoms with E-state index in [2.05, 4.69) is 36.0 Å². The fourth-order valence-corrected chi connectivity index (χ4v) is 2.76. The summed E-state index contributed by atoms with van der Waals surface area (Å²) in [6.45, 7) is 10.9. The van der Waals surface area contributed by atoms with Gasteiger partial charge in [-0.2, -0.15) is 0 Å². The van der Waals surface area contributed by atoms with Crippen LogP contribution in [0.25, 0.3) is 0 Å². The molecule has 1 aromatic heterocycles. The number of nitrogens with one attached hydrogen (secondary N) is 1. The molecule has 1 aliphatic rings. The highest BCUT2D eigenvalue weighted by atomic mass is 16.5. The van der Waals surface area contributed by atoms with Gasteiger partial charge >= 0.3 is 0 Å². The van der Waals surface area contributed by atoms with Gasteiger partial charge in [0.2, 0.25) is 0 Å². The van der Waals surface area contributed by atoms with Gasteiger partial charge in [-0.3, -0.25) is 9.78 Å². The highest BCUT2D eigenvalue weighted by molar-refractivity contribution is 5.92. The number of amides is 1. The first-order valence-electron chi connectivity index (χ1n) is 8.64. The molecule has 1 amide bonds. The van der Waals surface area contributed by atoms with E-state index in [1.165, 1.54) is 0 Å². The van der Waals surface area contributed by atoms with Gasteiger partial charge in [-0.15, -0.1) is 0 Å². The zero-order chi connectivity index (χ0) is 16.7. The molecule has 1 aromatic rings. The number of rotatable bonds is 6. The van der Waals surface area contributed by atoms with Crippen LogP contribution in [0.2, 0.25) is 0 Å². The van der Waals surface area contributed by atoms with E-state index in [1.807, 2.05) is 6.07 Å². The minimum atomic E-state index is -0.0899. The summed E-state index contributed by atoms with van der Waals surface area (Å²) in [5.74, 6) is 0.340. The largest absolute Gasteiger partial charge is 0.377 e. The fraction of sp³-hybridized carbons (Fsp3) is 0.667. The summed E-state index contributed by atoms with van der Waals surface area (Å²) in [5.41, 5.74) is 1.64. The van der Waals surface area contributed by atoms with Crippen molar-refractivity contribution in [2.24, 2.45) is 0 Å². The molecule has 0 unspecified atom stereocenters. The number of hydrogen-bond donors (Lipinski definition) is 1. The predicted octanol–water partition coefficient (Wildman–Crippen LogP) is 2.44. The van der Waals surface area contributed by atoms with Gasteiger partial charge in [0.1, 0.15) is 5.69 Å². The maximum absolute atomic E-state index is 12.1. The van der Waals surface area contributed by atoms with Crippen molar-refractivity contribution in [3.05, 3.63) is 29.6 Å². The highest BCUT2D eigenvalue weighted by Gasteiger charge is 2.14. The topological polar surface area (TPSA) is 54.5 Å². The molecule has 2 heterocycles. The van der Waals surface area contributed by atoms with E-state index >= 15 is 0 Å². The van der Waals surface area contributed by atoms with Crippen molar-refractivity contribution in [1.82, 2.24) is 15.2 Å². The van der Waals surface area contributed by atoms with E-state index in [-0.39, 0.29) is 5.91 Å². The van der Waals surface area contributed by atoms with Crippen LogP contribution in [-0.2, 0) is 4.74 Å². The van der Waals surface area contributed by atoms with E-state index in [4.69, 9.17) is 4.74 Å². The van der Waals surface area contributed by atoms with E-state index < -0.39 is 0 Å². The number of nitrogens with zero attached hydrogens (tertiary/aromatic N) is 2. The Morgan fingerprint density at radius 3 is 3.00 bits per heavy atom. The lowest BCUT2D eigenvalue weighted by Gasteiger charge is -2.21. The molecule has 128 valence electrons. The summed E-state index contributed by atoms with van der Waals surface area (Å²) in [7, 11) is 0. The third kappa shape index (κ3) is 5.92. The van der Waals surface area contributed by atoms with E-state index in [0.717, 1.165) is 44.6 Å². The Kier molecular flexibility index (Phi) is 6.99. The van der Waals surface area contributed by atoms with Gasteiger partial charge < -0.3 is 15.0 Å². The monoisotopic (exact) mass is 319 g/mol. The number of aromatic nitrogens is 1. The summed E-state index contributed by atoms with van der Waals surface area (Å²) in [6.07, 6.45) is 4.12. The van der Waals surface area contributed by atoms with Crippen LogP contribution >= 0.6 is 0 Å². The summed E-state index contributed by atoms with van der Waals surface area (Å²) in [5, 5.41) is 2.95. The smallest absolute Gasteiger partial charge is 0.269 e. The van der Waals surface area contributed by atoms with E-state index in [0.29, 0.717) is 24.3 Å². The molecule has 5 heteroatoms. The third-order valence-corrected chi connectivity index (χ3v) is 4.16. The lowest BCUT2D eigenvalue weighted by atomic mass is 10.1. The van der Waals surface area contributed by atoms with Gasteiger partial charge in [0.15, 0.2) is 0 Å². The molecule has 2 rings (SSSR count). The zero-order valence-corrected chi connectivity index (χ0v) is 14.5. The second-order valence-corrected chi connectivity index (χ2v) is 6.58. The van der Waals surface area contributed by atoms with Gasteiger partial charge in [-0.05, 0) is 43.9 Å². The van der Waals surface area contributed by atoms with Crippen LogP contribution in [-0.4, -0.2) is 54.7 Å². The molecule has 0 aromatic carbocycles. The molecule has 23 heavy (non-hydrogen) atoms. The Labute approximate surface area is 139 Å². The molecule has 0 bridgehead atoms. The third-order valence-electron chi connectivity index (χ3n) is 4.16. The summed E-state index contributed by atoms with van der Waals surface area (Å²) < 4.78 is 5.64. The first-order valence-corrected chi connectivity index (χ1v) is 8.64. The number of carbonyl (C=O) groups excluding carboxylic acids is 1. The quantitative estimate of drug-likeness (QED) is 0.818. The average Bonchev–Trinajstić information content (AvgIpc) is 2.75. The molecule has 1 atom stereocenters. The summed E-state index contributed by atoms with van der Waals surface area (Å²) in [4.78, 5) is 18.7. The molecule has 0 aliphatic carbocycles. The standard InChI is InChI=1S/C18H29N3O2/c1-14(2)16-6-7-17(20-12-16)18(22)19-8-4-9-21-10-5-11-23-15(3)13-21/h6-7,12,14-15H,4-5,8-11,13H2,1-3H3,(H,19,22)/t15-/m0/s1. The van der Waals surface area contributed by atoms with Gasteiger partial charge in [-0.1, -0.05) is 19.9 Å². The maximum Gasteiger partial charge on any atom is 0.269 e. The molecule has 0 spiro atoms. The Hall–Kier alpha value is -1.46. The van der Waals surface area contributed by atoms with Gasteiger partial charge in [0.05, 0.1) is 6.10 Å². The Bertz CT molecular complexity index is 488. The molecule has 5 nitrogen and oxygen atoms in total. The van der Waals surface area contributed by atoms with Crippen molar-refractivity contribution in [1.29, 1.82) is 0 Å². The summed E-state index contributed by atoms with van der Waals surface area (Å²) in [6, 6.07) is 3.78. The van der Waals surface area contributed by atoms with E-state index in [9.17, 15) is 4.79 Å². The number of ether oxygens (including phenoxy) is 1. The molecule has 0 radical (unpaired) electrons. The van der Waals surface area contributed by atoms with Crippen LogP contribution in [0.4, 0.5) is 0 Å². The maximum atomic E-state index is 12.1. The van der Waals surface area contributed by atoms with Crippen LogP contribution in [0.3, 0.4) is 0 Å². The van der Waals surface area contributed by atoms with Crippen LogP contribution in [0.5, 0.6) is 0 Å². The first kappa shape index (κ1) is 17.9. The van der Waals surface area contributed by atoms with Crippen molar-refractivity contribution >= 4 is 5.91 Å². The van der Waals surface area contributed by atoms with Crippen molar-refractivity contribution < 1.29 is 9.53 Å². The Morgan fingerprint density at radius 2 is 2.30 bits per heavy atom. The highest BCUT2D eigenvalue weighted by Crippen LogP contribution is 2.12. The second kappa shape index (κ2) is 8.99. The van der Waals surface area contributed by atoms with Crippen molar-refractivity contribution in [2.45, 2.75) is 45.6 Å². The summed E-state index contributed by atoms with van der Waals surface area (Å²) >= 11 is 0. The van der Waals surface area contributed by atoms with Crippen LogP contribution in [0.15, 0.2) is 18.3 Å². The Morgan fingerprint density at radius 1 is 1.48 bits per heavy atom. The van der Waals surface area contributed by atoms with Crippen molar-refractivity contribution in [3.8, 4) is 0 Å². The first-order chi connectivity index (χ1) is 11.1. The number of hydrogen-bond acceptors (Lipinski definition) is 4. The fourth-order valence-electron chi connectivity index (χ4n) is 2.76. The van der Waals surface area contributed by atoms with Crippen molar-refractivity contribution in [2.75, 3.05) is 32.8 Å². The lowest BCUT2D eigenvalue weighted by Crippen LogP contribution is -2.33. The normalized spacial score (nSPS) is 19.6. The predicted molar refractivity (Wildman–Crippen MR) is 91.7 cm³/mol. The average molecular weight is 319 g/mol. The molecule has 1 N–H and O–H groups in total. The van der Waals surface area contributed by atoms with Gasteiger partial charge in [0, 0.05) is 32.4 Å². The van der Waals surface area contributed by atoms with Gasteiger partial charge in [0.25, 0.3) is 5.91 Å². The molecule has 1 fully saturated rings. The molecule has 1 saturated heterocycles. The molecular formula is C18H29N3O2. The number of carbonyl (C=O) groups is 1. The lowest BCUT2D eigenvalue weighted by molar-refractivity contribution is 0.0675. The van der Waals surface area contributed by atoms with Crippen LogP contribution < -0.4 is 5.32 Å². The number of pyridine rings is 1. The van der Waals surface area contributed by atoms with E-state index in [1.54, 1.807) is 12.3 Å². The minimum Gasteiger partial charge on any atom is -0.377 e. The van der Waals surface area contributed by atoms with Gasteiger partial charge in [-0.25, -0.2) is 0 Å². The Balaban J connectivity index is 1.70. The van der Waals surface area contributed by atoms with Crippen molar-refractivity contribution in [3.63, 3.8) is 0 Å². The molecular weight excluding hydrogens is 290 g/mol. The van der Waals surface area contributed by atoms with Crippen LogP contribution in [0.1, 0.15) is 55.6 Å². The molecule has 1 aliphatic heterocycles. The zero-order valence-electron chi connectivity index (χ0n) is 14.5.